The Hall–Kier alpha value is -1.75. The van der Waals surface area contributed by atoms with Crippen LogP contribution in [-0.4, -0.2) is 35.3 Å². The second kappa shape index (κ2) is 6.18. The van der Waals surface area contributed by atoms with Crippen molar-refractivity contribution in [1.82, 2.24) is 0 Å². The van der Waals surface area contributed by atoms with Crippen molar-refractivity contribution in [2.24, 2.45) is 28.6 Å². The molecule has 0 spiro atoms. The van der Waals surface area contributed by atoms with Crippen LogP contribution in [0.25, 0.3) is 0 Å². The van der Waals surface area contributed by atoms with Crippen molar-refractivity contribution in [3.05, 3.63) is 23.8 Å². The molecule has 4 saturated carbocycles. The fraction of sp³-hybridized carbons (Fsp3) is 0.731. The summed E-state index contributed by atoms with van der Waals surface area (Å²) in [7, 11) is 0. The van der Waals surface area contributed by atoms with E-state index in [1.165, 1.54) is 5.57 Å². The Morgan fingerprint density at radius 2 is 1.90 bits per heavy atom. The Bertz CT molecular complexity index is 947. The summed E-state index contributed by atoms with van der Waals surface area (Å²) in [5, 5.41) is 0. The van der Waals surface area contributed by atoms with E-state index >= 15 is 0 Å². The second-order valence-corrected chi connectivity index (χ2v) is 11.5. The predicted octanol–water partition coefficient (Wildman–Crippen LogP) is 4.10. The van der Waals surface area contributed by atoms with Crippen LogP contribution >= 0.6 is 0 Å². The third-order valence-electron chi connectivity index (χ3n) is 10.2. The van der Waals surface area contributed by atoms with Crippen LogP contribution in [0, 0.1) is 28.6 Å². The third kappa shape index (κ3) is 2.44. The number of hydrogen-bond donors (Lipinski definition) is 0. The van der Waals surface area contributed by atoms with Gasteiger partial charge >= 0.3 is 5.97 Å². The largest absolute Gasteiger partial charge is 0.459 e. The van der Waals surface area contributed by atoms with Crippen molar-refractivity contribution in [3.63, 3.8) is 0 Å². The fourth-order valence-corrected chi connectivity index (χ4v) is 8.35. The van der Waals surface area contributed by atoms with Crippen LogP contribution < -0.4 is 0 Å². The summed E-state index contributed by atoms with van der Waals surface area (Å²) in [6, 6.07) is 0. The minimum atomic E-state index is -1.38. The molecule has 1 saturated heterocycles. The summed E-state index contributed by atoms with van der Waals surface area (Å²) in [6.07, 6.45) is 9.78. The molecule has 5 nitrogen and oxygen atoms in total. The number of carbonyl (C=O) groups excluding carboxylic acids is 3. The number of rotatable bonds is 2. The highest BCUT2D eigenvalue weighted by atomic mass is 16.7. The molecule has 5 heteroatoms. The molecular weight excluding hydrogens is 392 g/mol. The standard InChI is InChI=1S/C26H32O5/c1-14-12-21-26(31-21,22(14)28)23(29)30-20-7-6-18-17-5-4-15-13-16(27)8-10-24(15,2)19(17)9-11-25(18,20)3/h13,17-21H,1,4-12H2,2-3H3. The smallest absolute Gasteiger partial charge is 0.349 e. The number of fused-ring (bicyclic) bond motifs is 6. The number of hydrogen-bond acceptors (Lipinski definition) is 5. The number of allylic oxidation sites excluding steroid dienone is 1. The van der Waals surface area contributed by atoms with Gasteiger partial charge in [0.05, 0.1) is 0 Å². The van der Waals surface area contributed by atoms with Crippen molar-refractivity contribution < 1.29 is 23.9 Å². The summed E-state index contributed by atoms with van der Waals surface area (Å²) in [5.74, 6) is 1.29. The fourth-order valence-electron chi connectivity index (χ4n) is 8.35. The Labute approximate surface area is 183 Å². The lowest BCUT2D eigenvalue weighted by atomic mass is 9.47. The van der Waals surface area contributed by atoms with Crippen LogP contribution in [0.5, 0.6) is 0 Å². The van der Waals surface area contributed by atoms with E-state index in [1.54, 1.807) is 0 Å². The van der Waals surface area contributed by atoms with E-state index < -0.39 is 11.6 Å². The van der Waals surface area contributed by atoms with E-state index in [4.69, 9.17) is 9.47 Å². The van der Waals surface area contributed by atoms with E-state index in [0.29, 0.717) is 42.0 Å². The molecule has 0 amide bonds. The van der Waals surface area contributed by atoms with Gasteiger partial charge in [0.15, 0.2) is 5.78 Å². The van der Waals surface area contributed by atoms with Crippen molar-refractivity contribution >= 4 is 17.5 Å². The number of ether oxygens (including phenoxy) is 2. The SMILES string of the molecule is C=C1CC2OC2(C(=O)OC2CCC3C4CCC5=CC(=O)CCC5(C)C4CCC23C)C1=O. The number of carbonyl (C=O) groups is 3. The van der Waals surface area contributed by atoms with Crippen molar-refractivity contribution in [2.45, 2.75) is 89.4 Å². The van der Waals surface area contributed by atoms with E-state index in [-0.39, 0.29) is 28.8 Å². The Kier molecular flexibility index (Phi) is 3.97. The lowest BCUT2D eigenvalue weighted by Crippen LogP contribution is -2.52. The second-order valence-electron chi connectivity index (χ2n) is 11.5. The number of epoxide rings is 1. The molecule has 1 heterocycles. The molecule has 6 rings (SSSR count). The molecule has 1 aliphatic heterocycles. The van der Waals surface area contributed by atoms with Gasteiger partial charge in [-0.3, -0.25) is 9.59 Å². The van der Waals surface area contributed by atoms with Gasteiger partial charge in [-0.1, -0.05) is 26.0 Å². The molecule has 0 aromatic rings. The third-order valence-corrected chi connectivity index (χ3v) is 10.2. The zero-order chi connectivity index (χ0) is 21.8. The maximum absolute atomic E-state index is 13.0. The van der Waals surface area contributed by atoms with Gasteiger partial charge < -0.3 is 9.47 Å². The van der Waals surface area contributed by atoms with Crippen molar-refractivity contribution in [1.29, 1.82) is 0 Å². The first-order valence-corrected chi connectivity index (χ1v) is 12.1. The lowest BCUT2D eigenvalue weighted by molar-refractivity contribution is -0.167. The first-order chi connectivity index (χ1) is 14.7. The van der Waals surface area contributed by atoms with Gasteiger partial charge in [0, 0.05) is 18.3 Å². The monoisotopic (exact) mass is 424 g/mol. The van der Waals surface area contributed by atoms with Crippen molar-refractivity contribution in [2.75, 3.05) is 0 Å². The molecule has 5 aliphatic carbocycles. The van der Waals surface area contributed by atoms with Gasteiger partial charge in [0.1, 0.15) is 12.2 Å². The van der Waals surface area contributed by atoms with Crippen LogP contribution in [0.1, 0.15) is 71.6 Å². The van der Waals surface area contributed by atoms with Gasteiger partial charge in [-0.05, 0) is 79.8 Å². The van der Waals surface area contributed by atoms with Crippen LogP contribution in [-0.2, 0) is 23.9 Å². The van der Waals surface area contributed by atoms with Crippen LogP contribution in [0.2, 0.25) is 0 Å². The average Bonchev–Trinajstić information content (AvgIpc) is 3.28. The maximum atomic E-state index is 13.0. The topological polar surface area (TPSA) is 73.0 Å². The predicted molar refractivity (Wildman–Crippen MR) is 113 cm³/mol. The minimum Gasteiger partial charge on any atom is -0.459 e. The molecule has 8 atom stereocenters. The molecule has 0 aromatic heterocycles. The van der Waals surface area contributed by atoms with Crippen LogP contribution in [0.4, 0.5) is 0 Å². The van der Waals surface area contributed by atoms with E-state index in [1.807, 2.05) is 6.08 Å². The average molecular weight is 425 g/mol. The van der Waals surface area contributed by atoms with Gasteiger partial charge in [0.25, 0.3) is 5.60 Å². The molecule has 0 bridgehead atoms. The van der Waals surface area contributed by atoms with Crippen LogP contribution in [0.15, 0.2) is 23.8 Å². The molecule has 0 radical (unpaired) electrons. The lowest BCUT2D eigenvalue weighted by Gasteiger charge is -2.57. The summed E-state index contributed by atoms with van der Waals surface area (Å²) in [4.78, 5) is 37.5. The summed E-state index contributed by atoms with van der Waals surface area (Å²) in [6.45, 7) is 8.47. The normalized spacial score (nSPS) is 50.2. The highest BCUT2D eigenvalue weighted by Crippen LogP contribution is 2.66. The highest BCUT2D eigenvalue weighted by Gasteiger charge is 2.74. The maximum Gasteiger partial charge on any atom is 0.349 e. The minimum absolute atomic E-state index is 0.0431. The number of ketones is 2. The zero-order valence-electron chi connectivity index (χ0n) is 18.6. The Morgan fingerprint density at radius 1 is 1.10 bits per heavy atom. The quantitative estimate of drug-likeness (QED) is 0.289. The van der Waals surface area contributed by atoms with Crippen molar-refractivity contribution in [3.8, 4) is 0 Å². The van der Waals surface area contributed by atoms with Gasteiger partial charge in [-0.15, -0.1) is 0 Å². The summed E-state index contributed by atoms with van der Waals surface area (Å²) >= 11 is 0. The van der Waals surface area contributed by atoms with E-state index in [0.717, 1.165) is 44.9 Å². The summed E-state index contributed by atoms with van der Waals surface area (Å²) < 4.78 is 11.6. The van der Waals surface area contributed by atoms with E-state index in [9.17, 15) is 14.4 Å². The zero-order valence-corrected chi connectivity index (χ0v) is 18.6. The Balaban J connectivity index is 1.22. The molecule has 6 aliphatic rings. The summed E-state index contributed by atoms with van der Waals surface area (Å²) in [5.41, 5.74) is 0.589. The number of Topliss-reactive ketones (excluding diaryl/α,β-unsaturated/α-hetero) is 1. The molecule has 5 fully saturated rings. The van der Waals surface area contributed by atoms with E-state index in [2.05, 4.69) is 20.4 Å². The van der Waals surface area contributed by atoms with Gasteiger partial charge in [-0.2, -0.15) is 0 Å². The number of esters is 1. The molecule has 0 N–H and O–H groups in total. The molecular formula is C26H32O5. The first kappa shape index (κ1) is 19.9. The van der Waals surface area contributed by atoms with Gasteiger partial charge in [0.2, 0.25) is 5.78 Å². The van der Waals surface area contributed by atoms with Crippen LogP contribution in [0.3, 0.4) is 0 Å². The molecule has 8 unspecified atom stereocenters. The molecule has 31 heavy (non-hydrogen) atoms. The first-order valence-electron chi connectivity index (χ1n) is 12.1. The Morgan fingerprint density at radius 3 is 2.65 bits per heavy atom. The highest BCUT2D eigenvalue weighted by molar-refractivity contribution is 6.20. The molecule has 0 aromatic carbocycles. The van der Waals surface area contributed by atoms with Gasteiger partial charge in [-0.25, -0.2) is 4.79 Å². The molecule has 166 valence electrons.